The highest BCUT2D eigenvalue weighted by Gasteiger charge is 2.58. The summed E-state index contributed by atoms with van der Waals surface area (Å²) in [5.74, 6) is -4.68. The number of hydrogen-bond donors (Lipinski definition) is 0. The third kappa shape index (κ3) is 13.3. The Hall–Kier alpha value is -3.36. The summed E-state index contributed by atoms with van der Waals surface area (Å²) in [6.45, 7) is 15.9. The van der Waals surface area contributed by atoms with Crippen molar-refractivity contribution in [3.63, 3.8) is 0 Å². The molecule has 14 nitrogen and oxygen atoms in total. The minimum atomic E-state index is -1.79. The molecule has 338 valence electrons. The Morgan fingerprint density at radius 3 is 2.27 bits per heavy atom. The Bertz CT molecular complexity index is 1730. The molecule has 17 heteroatoms. The van der Waals surface area contributed by atoms with Crippen LogP contribution in [0.25, 0.3) is 0 Å². The van der Waals surface area contributed by atoms with Gasteiger partial charge in [0.25, 0.3) is 5.79 Å². The van der Waals surface area contributed by atoms with E-state index in [0.717, 1.165) is 17.5 Å². The molecule has 0 aromatic heterocycles. The summed E-state index contributed by atoms with van der Waals surface area (Å²) in [6.07, 6.45) is -2.05. The lowest BCUT2D eigenvalue weighted by Gasteiger charge is -2.51. The highest BCUT2D eigenvalue weighted by atomic mass is 31.1. The van der Waals surface area contributed by atoms with Gasteiger partial charge in [-0.3, -0.25) is 9.36 Å². The predicted octanol–water partition coefficient (Wildman–Crippen LogP) is 7.50. The van der Waals surface area contributed by atoms with Crippen molar-refractivity contribution in [1.29, 1.82) is 0 Å². The minimum absolute atomic E-state index is 0.0825. The Morgan fingerprint density at radius 1 is 0.968 bits per heavy atom. The van der Waals surface area contributed by atoms with Gasteiger partial charge in [-0.05, 0) is 67.8 Å². The summed E-state index contributed by atoms with van der Waals surface area (Å²) in [5.41, 5.74) is 1.90. The number of ether oxygens (including phenoxy) is 9. The van der Waals surface area contributed by atoms with E-state index in [2.05, 4.69) is 13.8 Å². The first-order valence-electron chi connectivity index (χ1n) is 21.9. The highest BCUT2D eigenvalue weighted by molar-refractivity contribution is 7.71. The van der Waals surface area contributed by atoms with Gasteiger partial charge in [0.15, 0.2) is 25.1 Å². The SMILES string of the molecule is CC[C@H](C)C1O[C@H](O[C@@H]2C(C)C[C@](OCCCCCN(Cc3ccccc3)C(=O)OCc3ccccc3)(C(=O)OC)OC2[C@H]2COC(C)(C)O2)[C@H](OC(C)=O)C(C)[C@@H]1[B][B]P=O. The van der Waals surface area contributed by atoms with E-state index in [0.29, 0.717) is 32.4 Å². The summed E-state index contributed by atoms with van der Waals surface area (Å²) in [5, 5.41) is 0. The van der Waals surface area contributed by atoms with E-state index >= 15 is 0 Å². The summed E-state index contributed by atoms with van der Waals surface area (Å²) < 4.78 is 67.5. The molecule has 3 aliphatic rings. The van der Waals surface area contributed by atoms with Crippen molar-refractivity contribution in [2.75, 3.05) is 26.9 Å². The average molecular weight is 880 g/mol. The predicted molar refractivity (Wildman–Crippen MR) is 232 cm³/mol. The van der Waals surface area contributed by atoms with Gasteiger partial charge >= 0.3 is 18.0 Å². The molecule has 3 fully saturated rings. The molecule has 0 N–H and O–H groups in total. The topological polar surface area (TPSA) is 155 Å². The van der Waals surface area contributed by atoms with Crippen LogP contribution in [0.4, 0.5) is 4.79 Å². The fourth-order valence-corrected chi connectivity index (χ4v) is 8.82. The molecule has 0 spiro atoms. The van der Waals surface area contributed by atoms with E-state index in [1.807, 2.05) is 81.7 Å². The molecule has 1 amide bonds. The van der Waals surface area contributed by atoms with E-state index in [4.69, 9.17) is 42.6 Å². The summed E-state index contributed by atoms with van der Waals surface area (Å²) in [4.78, 5) is 41.3. The molecule has 3 heterocycles. The lowest BCUT2D eigenvalue weighted by Crippen LogP contribution is -2.63. The number of esters is 2. The van der Waals surface area contributed by atoms with Crippen molar-refractivity contribution in [1.82, 2.24) is 4.90 Å². The monoisotopic (exact) mass is 879 g/mol. The largest absolute Gasteiger partial charge is 0.465 e. The van der Waals surface area contributed by atoms with Crippen molar-refractivity contribution >= 4 is 40.4 Å². The van der Waals surface area contributed by atoms with Gasteiger partial charge in [-0.1, -0.05) is 94.8 Å². The molecule has 4 unspecified atom stereocenters. The molecule has 0 bridgehead atoms. The maximum atomic E-state index is 13.8. The number of amides is 1. The molecule has 0 aliphatic carbocycles. The van der Waals surface area contributed by atoms with Gasteiger partial charge in [0, 0.05) is 26.4 Å². The van der Waals surface area contributed by atoms with Crippen LogP contribution in [0.1, 0.15) is 91.7 Å². The van der Waals surface area contributed by atoms with Crippen LogP contribution in [0.3, 0.4) is 0 Å². The number of carbonyl (C=O) groups is 3. The fourth-order valence-electron chi connectivity index (χ4n) is 8.55. The second kappa shape index (κ2) is 23.5. The average Bonchev–Trinajstić information content (AvgIpc) is 3.63. The summed E-state index contributed by atoms with van der Waals surface area (Å²) >= 11 is 0. The number of carbonyl (C=O) groups excluding carboxylic acids is 3. The van der Waals surface area contributed by atoms with Crippen molar-refractivity contribution in [2.24, 2.45) is 17.8 Å². The quantitative estimate of drug-likeness (QED) is 0.0400. The number of methoxy groups -OCH3 is 1. The maximum absolute atomic E-state index is 13.8. The zero-order valence-corrected chi connectivity index (χ0v) is 38.4. The molecule has 0 saturated carbocycles. The third-order valence-electron chi connectivity index (χ3n) is 12.0. The van der Waals surface area contributed by atoms with E-state index in [1.54, 1.807) is 25.6 Å². The third-order valence-corrected chi connectivity index (χ3v) is 12.3. The van der Waals surface area contributed by atoms with Crippen molar-refractivity contribution in [2.45, 2.75) is 148 Å². The van der Waals surface area contributed by atoms with Gasteiger partial charge in [-0.2, -0.15) is 0 Å². The van der Waals surface area contributed by atoms with Gasteiger partial charge in [-0.15, -0.1) is 0 Å². The van der Waals surface area contributed by atoms with Gasteiger partial charge in [-0.25, -0.2) is 9.59 Å². The number of hydrogen-bond acceptors (Lipinski definition) is 13. The maximum Gasteiger partial charge on any atom is 0.410 e. The van der Waals surface area contributed by atoms with Crippen LogP contribution in [-0.2, 0) is 69.9 Å². The Balaban J connectivity index is 1.29. The standard InChI is InChI=1S/C45H64B2NO13P/c1-9-29(2)37-36(46-47-62-52)31(4)39(57-32(5)49)41(58-37)59-38-30(3)25-45(42(50)53-8,61-40(38)35-28-56-44(6,7)60-35)55-24-18-12-17-23-48(26-33-19-13-10-14-20-33)43(51)54-27-34-21-15-11-16-22-34/h10-11,13-16,19-22,29-31,35-41H,9,12,17-18,23-28H2,1-8H3/t29-,30?,31?,35+,36-,37?,38+,39+,40?,41+,45+/m0/s1. The molecule has 2 aromatic rings. The molecule has 11 atom stereocenters. The molecular formula is C45H64B2NO13P. The zero-order valence-electron chi connectivity index (χ0n) is 37.5. The lowest BCUT2D eigenvalue weighted by molar-refractivity contribution is -0.352. The Kier molecular flexibility index (Phi) is 18.8. The second-order valence-electron chi connectivity index (χ2n) is 17.1. The Labute approximate surface area is 370 Å². The first-order valence-corrected chi connectivity index (χ1v) is 22.8. The van der Waals surface area contributed by atoms with Crippen LogP contribution < -0.4 is 0 Å². The fraction of sp³-hybridized carbons (Fsp3) is 0.667. The molecule has 3 saturated heterocycles. The minimum Gasteiger partial charge on any atom is -0.465 e. The molecular weight excluding hydrogens is 815 g/mol. The number of rotatable bonds is 21. The van der Waals surface area contributed by atoms with E-state index in [9.17, 15) is 18.9 Å². The van der Waals surface area contributed by atoms with Gasteiger partial charge in [0.2, 0.25) is 0 Å². The van der Waals surface area contributed by atoms with Crippen LogP contribution in [0.5, 0.6) is 0 Å². The van der Waals surface area contributed by atoms with Crippen molar-refractivity contribution < 1.29 is 61.6 Å². The van der Waals surface area contributed by atoms with Crippen molar-refractivity contribution in [3.8, 4) is 0 Å². The van der Waals surface area contributed by atoms with E-state index in [-0.39, 0.29) is 64.3 Å². The highest BCUT2D eigenvalue weighted by Crippen LogP contribution is 2.45. The van der Waals surface area contributed by atoms with Crippen LogP contribution >= 0.6 is 8.34 Å². The zero-order chi connectivity index (χ0) is 44.9. The number of nitrogens with zero attached hydrogens (tertiary/aromatic N) is 1. The molecule has 2 aromatic carbocycles. The Morgan fingerprint density at radius 2 is 1.66 bits per heavy atom. The second-order valence-corrected chi connectivity index (χ2v) is 17.7. The van der Waals surface area contributed by atoms with Crippen LogP contribution in [0.15, 0.2) is 60.7 Å². The first-order chi connectivity index (χ1) is 29.7. The summed E-state index contributed by atoms with van der Waals surface area (Å²) in [7, 11) is 3.02. The number of unbranched alkanes of at least 4 members (excludes halogenated alkanes) is 2. The van der Waals surface area contributed by atoms with Gasteiger partial charge in [0.1, 0.15) is 18.8 Å². The van der Waals surface area contributed by atoms with Gasteiger partial charge < -0.3 is 47.5 Å². The van der Waals surface area contributed by atoms with E-state index in [1.165, 1.54) is 14.0 Å². The molecule has 5 rings (SSSR count). The van der Waals surface area contributed by atoms with Crippen molar-refractivity contribution in [3.05, 3.63) is 71.8 Å². The van der Waals surface area contributed by atoms with Crippen LogP contribution in [0.2, 0.25) is 5.82 Å². The molecule has 62 heavy (non-hydrogen) atoms. The normalized spacial score (nSPS) is 29.9. The molecule has 2 radical (unpaired) electrons. The lowest BCUT2D eigenvalue weighted by atomic mass is 9.40. The van der Waals surface area contributed by atoms with Crippen LogP contribution in [0, 0.1) is 17.8 Å². The van der Waals surface area contributed by atoms with Crippen LogP contribution in [-0.4, -0.2) is 112 Å². The van der Waals surface area contributed by atoms with Gasteiger partial charge in [0.05, 0.1) is 48.0 Å². The van der Waals surface area contributed by atoms with E-state index < -0.39 is 60.3 Å². The first kappa shape index (κ1) is 49.7. The smallest absolute Gasteiger partial charge is 0.410 e. The molecule has 3 aliphatic heterocycles. The number of benzene rings is 2. The summed E-state index contributed by atoms with van der Waals surface area (Å²) in [6, 6.07) is 19.3.